The molecule has 26 heavy (non-hydrogen) atoms. The van der Waals surface area contributed by atoms with Crippen molar-refractivity contribution in [1.82, 2.24) is 19.6 Å². The van der Waals surface area contributed by atoms with Crippen molar-refractivity contribution in [3.8, 4) is 0 Å². The first-order valence-corrected chi connectivity index (χ1v) is 9.04. The van der Waals surface area contributed by atoms with Crippen LogP contribution in [0.4, 0.5) is 0 Å². The second kappa shape index (κ2) is 6.78. The molecule has 3 heterocycles. The molecule has 1 aliphatic rings. The van der Waals surface area contributed by atoms with E-state index in [9.17, 15) is 4.79 Å². The highest BCUT2D eigenvalue weighted by atomic mass is 35.5. The second-order valence-corrected chi connectivity index (χ2v) is 7.43. The summed E-state index contributed by atoms with van der Waals surface area (Å²) in [4.78, 5) is 17.0. The van der Waals surface area contributed by atoms with Crippen LogP contribution < -0.4 is 0 Å². The van der Waals surface area contributed by atoms with Gasteiger partial charge < -0.3 is 14.2 Å². The Morgan fingerprint density at radius 2 is 2.19 bits per heavy atom. The lowest BCUT2D eigenvalue weighted by molar-refractivity contribution is 0.0630. The highest BCUT2D eigenvalue weighted by Gasteiger charge is 2.30. The molecule has 2 aromatic heterocycles. The van der Waals surface area contributed by atoms with Gasteiger partial charge in [0.1, 0.15) is 5.58 Å². The fourth-order valence-electron chi connectivity index (χ4n) is 3.44. The normalized spacial score (nSPS) is 17.1. The Bertz CT molecular complexity index is 946. The minimum absolute atomic E-state index is 0.0976. The van der Waals surface area contributed by atoms with Crippen LogP contribution in [-0.4, -0.2) is 52.7 Å². The number of fused-ring (bicyclic) bond motifs is 2. The number of amides is 1. The first-order chi connectivity index (χ1) is 12.5. The summed E-state index contributed by atoms with van der Waals surface area (Å²) >= 11 is 6.03. The van der Waals surface area contributed by atoms with Gasteiger partial charge in [-0.05, 0) is 57.4 Å². The maximum Gasteiger partial charge on any atom is 0.290 e. The third-order valence-electron chi connectivity index (χ3n) is 4.77. The number of hydrogen-bond acceptors (Lipinski definition) is 4. The molecule has 0 fully saturated rings. The predicted molar refractivity (Wildman–Crippen MR) is 100 cm³/mol. The van der Waals surface area contributed by atoms with Crippen LogP contribution in [0.2, 0.25) is 5.02 Å². The first kappa shape index (κ1) is 17.1. The summed E-state index contributed by atoms with van der Waals surface area (Å²) in [5, 5.41) is 5.92. The molecule has 0 radical (unpaired) electrons. The summed E-state index contributed by atoms with van der Waals surface area (Å²) in [6.45, 7) is 2.10. The van der Waals surface area contributed by atoms with Gasteiger partial charge in [-0.25, -0.2) is 0 Å². The third kappa shape index (κ3) is 3.22. The van der Waals surface area contributed by atoms with Gasteiger partial charge in [-0.3, -0.25) is 9.48 Å². The maximum absolute atomic E-state index is 13.0. The second-order valence-electron chi connectivity index (χ2n) is 6.99. The highest BCUT2D eigenvalue weighted by molar-refractivity contribution is 6.31. The summed E-state index contributed by atoms with van der Waals surface area (Å²) in [6.07, 6.45) is 2.73. The topological polar surface area (TPSA) is 54.5 Å². The van der Waals surface area contributed by atoms with E-state index in [4.69, 9.17) is 16.0 Å². The van der Waals surface area contributed by atoms with Gasteiger partial charge in [0, 0.05) is 23.2 Å². The van der Waals surface area contributed by atoms with Gasteiger partial charge in [0.25, 0.3) is 5.91 Å². The first-order valence-electron chi connectivity index (χ1n) is 8.67. The van der Waals surface area contributed by atoms with Crippen molar-refractivity contribution in [2.24, 2.45) is 0 Å². The Kier molecular flexibility index (Phi) is 4.46. The van der Waals surface area contributed by atoms with Gasteiger partial charge in [0.05, 0.1) is 18.3 Å². The average molecular weight is 373 g/mol. The van der Waals surface area contributed by atoms with E-state index in [1.165, 1.54) is 0 Å². The van der Waals surface area contributed by atoms with Gasteiger partial charge in [-0.1, -0.05) is 11.6 Å². The molecular weight excluding hydrogens is 352 g/mol. The number of furan rings is 1. The molecule has 0 N–H and O–H groups in total. The molecule has 4 rings (SSSR count). The van der Waals surface area contributed by atoms with Crippen molar-refractivity contribution >= 4 is 28.5 Å². The highest BCUT2D eigenvalue weighted by Crippen LogP contribution is 2.27. The monoisotopic (exact) mass is 372 g/mol. The quantitative estimate of drug-likeness (QED) is 0.704. The van der Waals surface area contributed by atoms with Gasteiger partial charge in [0.2, 0.25) is 0 Å². The molecule has 0 unspecified atom stereocenters. The molecule has 0 spiro atoms. The van der Waals surface area contributed by atoms with Crippen LogP contribution in [-0.2, 0) is 6.54 Å². The molecule has 136 valence electrons. The van der Waals surface area contributed by atoms with Crippen molar-refractivity contribution in [3.05, 3.63) is 53.0 Å². The standard InChI is InChI=1S/C19H21ClN4O2/c1-22(2)8-6-16-12-23(11-15-5-7-21-24(15)16)19(25)18-10-13-9-14(20)3-4-17(13)26-18/h3-5,7,9-10,16H,6,8,11-12H2,1-2H3/t16-/m0/s1. The van der Waals surface area contributed by atoms with Gasteiger partial charge >= 0.3 is 0 Å². The molecule has 1 amide bonds. The van der Waals surface area contributed by atoms with E-state index in [0.717, 1.165) is 24.0 Å². The summed E-state index contributed by atoms with van der Waals surface area (Å²) in [5.74, 6) is 0.251. The van der Waals surface area contributed by atoms with Crippen LogP contribution in [0.15, 0.2) is 40.9 Å². The largest absolute Gasteiger partial charge is 0.451 e. The van der Waals surface area contributed by atoms with Crippen LogP contribution in [0.1, 0.15) is 28.7 Å². The molecule has 0 aliphatic carbocycles. The Hall–Kier alpha value is -2.31. The van der Waals surface area contributed by atoms with E-state index >= 15 is 0 Å². The van der Waals surface area contributed by atoms with Crippen LogP contribution in [0, 0.1) is 0 Å². The number of halogens is 1. The van der Waals surface area contributed by atoms with Crippen molar-refractivity contribution < 1.29 is 9.21 Å². The van der Waals surface area contributed by atoms with Crippen LogP contribution in [0.5, 0.6) is 0 Å². The smallest absolute Gasteiger partial charge is 0.290 e. The number of rotatable bonds is 4. The van der Waals surface area contributed by atoms with E-state index < -0.39 is 0 Å². The Labute approximate surface area is 156 Å². The van der Waals surface area contributed by atoms with E-state index in [1.54, 1.807) is 24.4 Å². The molecular formula is C19H21ClN4O2. The SMILES string of the molecule is CN(C)CC[C@H]1CN(C(=O)c2cc3cc(Cl)ccc3o2)Cc2ccnn21. The third-order valence-corrected chi connectivity index (χ3v) is 5.00. The van der Waals surface area contributed by atoms with E-state index in [-0.39, 0.29) is 11.9 Å². The zero-order valence-electron chi connectivity index (χ0n) is 14.9. The number of nitrogens with zero attached hydrogens (tertiary/aromatic N) is 4. The molecule has 0 saturated carbocycles. The minimum atomic E-state index is -0.0976. The molecule has 7 heteroatoms. The molecule has 1 aromatic carbocycles. The fraction of sp³-hybridized carbons (Fsp3) is 0.368. The average Bonchev–Trinajstić information content (AvgIpc) is 3.24. The summed E-state index contributed by atoms with van der Waals surface area (Å²) in [5.41, 5.74) is 1.72. The molecule has 1 aliphatic heterocycles. The zero-order chi connectivity index (χ0) is 18.3. The van der Waals surface area contributed by atoms with Crippen molar-refractivity contribution in [1.29, 1.82) is 0 Å². The van der Waals surface area contributed by atoms with E-state index in [2.05, 4.69) is 24.1 Å². The Morgan fingerprint density at radius 3 is 3.00 bits per heavy atom. The number of carbonyl (C=O) groups is 1. The van der Waals surface area contributed by atoms with Gasteiger partial charge in [-0.2, -0.15) is 5.10 Å². The Morgan fingerprint density at radius 1 is 1.35 bits per heavy atom. The lowest BCUT2D eigenvalue weighted by atomic mass is 10.1. The summed E-state index contributed by atoms with van der Waals surface area (Å²) < 4.78 is 7.81. The lowest BCUT2D eigenvalue weighted by Gasteiger charge is -2.34. The Balaban J connectivity index is 1.59. The van der Waals surface area contributed by atoms with Crippen LogP contribution in [0.25, 0.3) is 11.0 Å². The summed E-state index contributed by atoms with van der Waals surface area (Å²) in [6, 6.07) is 9.27. The van der Waals surface area contributed by atoms with E-state index in [0.29, 0.717) is 29.5 Å². The van der Waals surface area contributed by atoms with Crippen molar-refractivity contribution in [2.75, 3.05) is 27.2 Å². The number of hydrogen-bond donors (Lipinski definition) is 0. The number of aromatic nitrogens is 2. The van der Waals surface area contributed by atoms with Crippen LogP contribution >= 0.6 is 11.6 Å². The molecule has 6 nitrogen and oxygen atoms in total. The maximum atomic E-state index is 13.0. The number of carbonyl (C=O) groups excluding carboxylic acids is 1. The predicted octanol–water partition coefficient (Wildman–Crippen LogP) is 3.43. The van der Waals surface area contributed by atoms with Crippen molar-refractivity contribution in [3.63, 3.8) is 0 Å². The van der Waals surface area contributed by atoms with Gasteiger partial charge in [-0.15, -0.1) is 0 Å². The number of benzene rings is 1. The molecule has 0 saturated heterocycles. The minimum Gasteiger partial charge on any atom is -0.451 e. The molecule has 1 atom stereocenters. The van der Waals surface area contributed by atoms with Gasteiger partial charge in [0.15, 0.2) is 5.76 Å². The van der Waals surface area contributed by atoms with Crippen molar-refractivity contribution in [2.45, 2.75) is 19.0 Å². The molecule has 0 bridgehead atoms. The van der Waals surface area contributed by atoms with Crippen LogP contribution in [0.3, 0.4) is 0 Å². The lowest BCUT2D eigenvalue weighted by Crippen LogP contribution is -2.42. The van der Waals surface area contributed by atoms with E-state index in [1.807, 2.05) is 21.7 Å². The fourth-order valence-corrected chi connectivity index (χ4v) is 3.62. The zero-order valence-corrected chi connectivity index (χ0v) is 15.6. The molecule has 3 aromatic rings. The summed E-state index contributed by atoms with van der Waals surface area (Å²) in [7, 11) is 4.10.